The minimum absolute atomic E-state index is 0.00121. The van der Waals surface area contributed by atoms with Crippen molar-refractivity contribution in [1.29, 1.82) is 0 Å². The topological polar surface area (TPSA) is 69.6 Å². The Morgan fingerprint density at radius 1 is 1.27 bits per heavy atom. The van der Waals surface area contributed by atoms with Crippen LogP contribution in [0, 0.1) is 6.92 Å². The van der Waals surface area contributed by atoms with Crippen molar-refractivity contribution in [2.45, 2.75) is 19.9 Å². The van der Waals surface area contributed by atoms with Crippen LogP contribution in [0.25, 0.3) is 0 Å². The smallest absolute Gasteiger partial charge is 0.241 e. The van der Waals surface area contributed by atoms with Crippen LogP contribution in [-0.2, 0) is 17.8 Å². The van der Waals surface area contributed by atoms with Gasteiger partial charge in [0.05, 0.1) is 18.1 Å². The number of halogens is 1. The van der Waals surface area contributed by atoms with Gasteiger partial charge in [0.2, 0.25) is 5.91 Å². The highest BCUT2D eigenvalue weighted by Crippen LogP contribution is 2.12. The third kappa shape index (κ3) is 7.13. The largest absolute Gasteiger partial charge is 0.356 e. The van der Waals surface area contributed by atoms with E-state index in [0.717, 1.165) is 21.5 Å². The first kappa shape index (κ1) is 20.4. The third-order valence-electron chi connectivity index (χ3n) is 3.54. The Labute approximate surface area is 166 Å². The molecule has 0 fully saturated rings. The first-order valence-electron chi connectivity index (χ1n) is 8.32. The average Bonchev–Trinajstić information content (AvgIpc) is 3.03. The molecule has 26 heavy (non-hydrogen) atoms. The molecule has 0 radical (unpaired) electrons. The van der Waals surface area contributed by atoms with Crippen molar-refractivity contribution in [2.24, 2.45) is 4.99 Å². The molecule has 2 aromatic rings. The van der Waals surface area contributed by atoms with Crippen molar-refractivity contribution >= 4 is 39.1 Å². The lowest BCUT2D eigenvalue weighted by Gasteiger charge is -2.14. The van der Waals surface area contributed by atoms with E-state index in [1.54, 1.807) is 30.3 Å². The van der Waals surface area contributed by atoms with Crippen LogP contribution in [0.15, 0.2) is 39.9 Å². The number of hydrogen-bond acceptors (Lipinski definition) is 4. The number of hydrogen-bond donors (Lipinski definition) is 2. The molecular formula is C18H24BrN5OS. The SMILES string of the molecule is Cc1cnc(CCNC(=NCc2ccc(Br)cc2)NCC(=O)N(C)C)s1. The monoisotopic (exact) mass is 437 g/mol. The van der Waals surface area contributed by atoms with Gasteiger partial charge in [0, 0.05) is 42.6 Å². The van der Waals surface area contributed by atoms with Gasteiger partial charge in [0.15, 0.2) is 5.96 Å². The molecule has 2 rings (SSSR count). The van der Waals surface area contributed by atoms with Crippen LogP contribution in [0.2, 0.25) is 0 Å². The van der Waals surface area contributed by atoms with E-state index in [2.05, 4.69) is 36.5 Å². The first-order valence-corrected chi connectivity index (χ1v) is 9.93. The molecule has 0 saturated carbocycles. The summed E-state index contributed by atoms with van der Waals surface area (Å²) in [5.41, 5.74) is 1.10. The second kappa shape index (κ2) is 10.3. The van der Waals surface area contributed by atoms with Gasteiger partial charge in [-0.15, -0.1) is 11.3 Å². The number of benzene rings is 1. The Kier molecular flexibility index (Phi) is 8.06. The number of carbonyl (C=O) groups excluding carboxylic acids is 1. The van der Waals surface area contributed by atoms with Crippen LogP contribution in [0.1, 0.15) is 15.4 Å². The normalized spacial score (nSPS) is 11.3. The summed E-state index contributed by atoms with van der Waals surface area (Å²) in [6, 6.07) is 8.03. The van der Waals surface area contributed by atoms with Gasteiger partial charge in [-0.25, -0.2) is 9.98 Å². The van der Waals surface area contributed by atoms with E-state index in [1.807, 2.05) is 37.4 Å². The minimum atomic E-state index is -0.00121. The number of aromatic nitrogens is 1. The second-order valence-electron chi connectivity index (χ2n) is 5.97. The molecule has 0 spiro atoms. The molecule has 2 N–H and O–H groups in total. The summed E-state index contributed by atoms with van der Waals surface area (Å²) in [4.78, 5) is 23.5. The molecule has 1 heterocycles. The van der Waals surface area contributed by atoms with Gasteiger partial charge in [-0.1, -0.05) is 28.1 Å². The van der Waals surface area contributed by atoms with Crippen LogP contribution in [0.5, 0.6) is 0 Å². The quantitative estimate of drug-likeness (QED) is 0.515. The number of amides is 1. The van der Waals surface area contributed by atoms with Crippen molar-refractivity contribution in [3.8, 4) is 0 Å². The van der Waals surface area contributed by atoms with Crippen molar-refractivity contribution < 1.29 is 4.79 Å². The van der Waals surface area contributed by atoms with Gasteiger partial charge in [-0.05, 0) is 24.6 Å². The lowest BCUT2D eigenvalue weighted by molar-refractivity contribution is -0.127. The molecule has 0 aliphatic rings. The number of carbonyl (C=O) groups is 1. The minimum Gasteiger partial charge on any atom is -0.356 e. The maximum atomic E-state index is 11.8. The zero-order valence-corrected chi connectivity index (χ0v) is 17.7. The summed E-state index contributed by atoms with van der Waals surface area (Å²) >= 11 is 5.13. The van der Waals surface area contributed by atoms with Gasteiger partial charge in [0.25, 0.3) is 0 Å². The van der Waals surface area contributed by atoms with Gasteiger partial charge in [-0.2, -0.15) is 0 Å². The molecule has 0 unspecified atom stereocenters. The van der Waals surface area contributed by atoms with Crippen molar-refractivity contribution in [2.75, 3.05) is 27.2 Å². The summed E-state index contributed by atoms with van der Waals surface area (Å²) in [5, 5.41) is 7.46. The van der Waals surface area contributed by atoms with Crippen molar-refractivity contribution in [3.63, 3.8) is 0 Å². The van der Waals surface area contributed by atoms with Crippen LogP contribution in [-0.4, -0.2) is 48.9 Å². The second-order valence-corrected chi connectivity index (χ2v) is 8.21. The Morgan fingerprint density at radius 3 is 2.62 bits per heavy atom. The highest BCUT2D eigenvalue weighted by atomic mass is 79.9. The van der Waals surface area contributed by atoms with Gasteiger partial charge >= 0.3 is 0 Å². The number of thiazole rings is 1. The molecule has 0 aliphatic carbocycles. The molecule has 6 nitrogen and oxygen atoms in total. The summed E-state index contributed by atoms with van der Waals surface area (Å²) in [6.07, 6.45) is 2.70. The standard InChI is InChI=1S/C18H24BrN5OS/c1-13-10-21-16(26-13)8-9-20-18(23-12-17(25)24(2)3)22-11-14-4-6-15(19)7-5-14/h4-7,10H,8-9,11-12H2,1-3H3,(H2,20,22,23). The molecular weight excluding hydrogens is 414 g/mol. The number of guanidine groups is 1. The Bertz CT molecular complexity index is 742. The Balaban J connectivity index is 1.93. The van der Waals surface area contributed by atoms with Crippen LogP contribution < -0.4 is 10.6 Å². The van der Waals surface area contributed by atoms with Crippen LogP contribution in [0.4, 0.5) is 0 Å². The number of rotatable bonds is 7. The van der Waals surface area contributed by atoms with E-state index < -0.39 is 0 Å². The maximum Gasteiger partial charge on any atom is 0.241 e. The van der Waals surface area contributed by atoms with Gasteiger partial charge in [-0.3, -0.25) is 4.79 Å². The molecule has 1 amide bonds. The van der Waals surface area contributed by atoms with E-state index in [9.17, 15) is 4.79 Å². The fourth-order valence-corrected chi connectivity index (χ4v) is 3.11. The van der Waals surface area contributed by atoms with E-state index in [-0.39, 0.29) is 12.5 Å². The molecule has 8 heteroatoms. The van der Waals surface area contributed by atoms with E-state index in [0.29, 0.717) is 19.0 Å². The average molecular weight is 438 g/mol. The first-order chi connectivity index (χ1) is 12.4. The fraction of sp³-hybridized carbons (Fsp3) is 0.389. The zero-order chi connectivity index (χ0) is 18.9. The number of aliphatic imine (C=N–C) groups is 1. The molecule has 0 atom stereocenters. The fourth-order valence-electron chi connectivity index (χ4n) is 2.06. The molecule has 1 aromatic carbocycles. The number of likely N-dealkylation sites (N-methyl/N-ethyl adjacent to an activating group) is 1. The number of nitrogens with one attached hydrogen (secondary N) is 2. The lowest BCUT2D eigenvalue weighted by Crippen LogP contribution is -2.43. The predicted octanol–water partition coefficient (Wildman–Crippen LogP) is 2.58. The number of aryl methyl sites for hydroxylation is 1. The van der Waals surface area contributed by atoms with Gasteiger partial charge in [0.1, 0.15) is 0 Å². The van der Waals surface area contributed by atoms with Gasteiger partial charge < -0.3 is 15.5 Å². The molecule has 1 aromatic heterocycles. The van der Waals surface area contributed by atoms with E-state index in [4.69, 9.17) is 0 Å². The predicted molar refractivity (Wildman–Crippen MR) is 111 cm³/mol. The molecule has 140 valence electrons. The van der Waals surface area contributed by atoms with E-state index >= 15 is 0 Å². The van der Waals surface area contributed by atoms with Crippen LogP contribution in [0.3, 0.4) is 0 Å². The maximum absolute atomic E-state index is 11.8. The Morgan fingerprint density at radius 2 is 2.00 bits per heavy atom. The van der Waals surface area contributed by atoms with Crippen molar-refractivity contribution in [1.82, 2.24) is 20.5 Å². The molecule has 0 bridgehead atoms. The lowest BCUT2D eigenvalue weighted by atomic mass is 10.2. The summed E-state index contributed by atoms with van der Waals surface area (Å²) in [5.74, 6) is 0.620. The molecule has 0 saturated heterocycles. The van der Waals surface area contributed by atoms with Crippen LogP contribution >= 0.6 is 27.3 Å². The van der Waals surface area contributed by atoms with Crippen molar-refractivity contribution in [3.05, 3.63) is 50.4 Å². The Hall–Kier alpha value is -1.93. The summed E-state index contributed by atoms with van der Waals surface area (Å²) < 4.78 is 1.04. The highest BCUT2D eigenvalue weighted by Gasteiger charge is 2.06. The molecule has 0 aliphatic heterocycles. The summed E-state index contributed by atoms with van der Waals surface area (Å²) in [6.45, 7) is 3.49. The number of nitrogens with zero attached hydrogens (tertiary/aromatic N) is 3. The zero-order valence-electron chi connectivity index (χ0n) is 15.3. The third-order valence-corrected chi connectivity index (χ3v) is 5.04. The highest BCUT2D eigenvalue weighted by molar-refractivity contribution is 9.10. The van der Waals surface area contributed by atoms with E-state index in [1.165, 1.54) is 4.88 Å². The summed E-state index contributed by atoms with van der Waals surface area (Å²) in [7, 11) is 3.47.